The average molecular weight is 157 g/mol. The van der Waals surface area contributed by atoms with E-state index >= 15 is 0 Å². The van der Waals surface area contributed by atoms with Gasteiger partial charge in [-0.05, 0) is 31.8 Å². The normalized spacial score (nSPS) is 22.4. The van der Waals surface area contributed by atoms with Gasteiger partial charge < -0.3 is 4.90 Å². The molecule has 0 radical (unpaired) electrons. The summed E-state index contributed by atoms with van der Waals surface area (Å²) < 4.78 is 0. The van der Waals surface area contributed by atoms with Gasteiger partial charge in [0.15, 0.2) is 0 Å². The van der Waals surface area contributed by atoms with Crippen LogP contribution in [0.3, 0.4) is 0 Å². The van der Waals surface area contributed by atoms with Crippen LogP contribution in [-0.2, 0) is 0 Å². The number of hydrazine groups is 1. The molecule has 1 saturated heterocycles. The Kier molecular flexibility index (Phi) is 3.83. The van der Waals surface area contributed by atoms with Gasteiger partial charge in [0.25, 0.3) is 0 Å². The molecule has 3 N–H and O–H groups in total. The molecule has 0 amide bonds. The van der Waals surface area contributed by atoms with Crippen LogP contribution in [0.2, 0.25) is 0 Å². The first-order valence-electron chi connectivity index (χ1n) is 4.48. The molecule has 1 rings (SSSR count). The summed E-state index contributed by atoms with van der Waals surface area (Å²) in [6.07, 6.45) is 2.70. The lowest BCUT2D eigenvalue weighted by Crippen LogP contribution is -2.39. The van der Waals surface area contributed by atoms with Crippen LogP contribution in [-0.4, -0.2) is 31.1 Å². The van der Waals surface area contributed by atoms with Crippen molar-refractivity contribution < 1.29 is 0 Å². The molecule has 66 valence electrons. The van der Waals surface area contributed by atoms with Gasteiger partial charge in [0.1, 0.15) is 0 Å². The zero-order chi connectivity index (χ0) is 8.10. The lowest BCUT2D eigenvalue weighted by molar-refractivity contribution is 0.193. The van der Waals surface area contributed by atoms with Gasteiger partial charge in [-0.1, -0.05) is 6.92 Å². The second kappa shape index (κ2) is 4.70. The molecule has 0 bridgehead atoms. The number of nitrogens with one attached hydrogen (secondary N) is 1. The average Bonchev–Trinajstić information content (AvgIpc) is 2.04. The number of nitrogens with two attached hydrogens (primary N) is 1. The van der Waals surface area contributed by atoms with Crippen LogP contribution < -0.4 is 11.3 Å². The summed E-state index contributed by atoms with van der Waals surface area (Å²) in [7, 11) is 0. The minimum atomic E-state index is 0.911. The Morgan fingerprint density at radius 3 is 2.64 bits per heavy atom. The van der Waals surface area contributed by atoms with Gasteiger partial charge in [0.05, 0.1) is 0 Å². The Morgan fingerprint density at radius 2 is 2.09 bits per heavy atom. The predicted molar refractivity (Wildman–Crippen MR) is 47.0 cm³/mol. The topological polar surface area (TPSA) is 41.3 Å². The molecule has 3 heteroatoms. The molecule has 0 aliphatic carbocycles. The SMILES string of the molecule is CC1CCN(CCNN)CC1. The lowest BCUT2D eigenvalue weighted by Gasteiger charge is -2.29. The number of hydrogen-bond acceptors (Lipinski definition) is 3. The maximum Gasteiger partial charge on any atom is 0.0225 e. The van der Waals surface area contributed by atoms with Gasteiger partial charge in [0, 0.05) is 13.1 Å². The number of hydrogen-bond donors (Lipinski definition) is 2. The highest BCUT2D eigenvalue weighted by Gasteiger charge is 2.14. The third-order valence-corrected chi connectivity index (χ3v) is 2.45. The van der Waals surface area contributed by atoms with E-state index in [9.17, 15) is 0 Å². The zero-order valence-corrected chi connectivity index (χ0v) is 7.34. The smallest absolute Gasteiger partial charge is 0.0225 e. The van der Waals surface area contributed by atoms with Crippen LogP contribution in [0.5, 0.6) is 0 Å². The second-order valence-electron chi connectivity index (χ2n) is 3.48. The van der Waals surface area contributed by atoms with Crippen molar-refractivity contribution in [2.75, 3.05) is 26.2 Å². The van der Waals surface area contributed by atoms with Crippen molar-refractivity contribution >= 4 is 0 Å². The molecular weight excluding hydrogens is 138 g/mol. The minimum absolute atomic E-state index is 0.911. The van der Waals surface area contributed by atoms with Crippen LogP contribution in [0.25, 0.3) is 0 Å². The van der Waals surface area contributed by atoms with E-state index in [0.717, 1.165) is 19.0 Å². The van der Waals surface area contributed by atoms with E-state index < -0.39 is 0 Å². The van der Waals surface area contributed by atoms with E-state index in [1.807, 2.05) is 0 Å². The first kappa shape index (κ1) is 8.97. The zero-order valence-electron chi connectivity index (χ0n) is 7.34. The van der Waals surface area contributed by atoms with Crippen molar-refractivity contribution in [1.29, 1.82) is 0 Å². The van der Waals surface area contributed by atoms with Gasteiger partial charge in [0.2, 0.25) is 0 Å². The molecule has 1 heterocycles. The molecule has 1 aliphatic rings. The van der Waals surface area contributed by atoms with Crippen LogP contribution in [0.1, 0.15) is 19.8 Å². The fourth-order valence-electron chi connectivity index (χ4n) is 1.51. The van der Waals surface area contributed by atoms with E-state index in [1.165, 1.54) is 25.9 Å². The quantitative estimate of drug-likeness (QED) is 0.453. The van der Waals surface area contributed by atoms with Crippen molar-refractivity contribution in [3.8, 4) is 0 Å². The molecule has 1 fully saturated rings. The molecular formula is C8H19N3. The molecule has 0 atom stereocenters. The summed E-state index contributed by atoms with van der Waals surface area (Å²) in [5.74, 6) is 6.12. The molecule has 0 aromatic carbocycles. The van der Waals surface area contributed by atoms with Crippen LogP contribution in [0.4, 0.5) is 0 Å². The molecule has 0 unspecified atom stereocenters. The van der Waals surface area contributed by atoms with E-state index in [-0.39, 0.29) is 0 Å². The summed E-state index contributed by atoms with van der Waals surface area (Å²) in [6, 6.07) is 0. The third kappa shape index (κ3) is 3.18. The Morgan fingerprint density at radius 1 is 1.45 bits per heavy atom. The number of nitrogens with zero attached hydrogens (tertiary/aromatic N) is 1. The van der Waals surface area contributed by atoms with Gasteiger partial charge in [-0.3, -0.25) is 11.3 Å². The molecule has 3 nitrogen and oxygen atoms in total. The summed E-state index contributed by atoms with van der Waals surface area (Å²) in [4.78, 5) is 2.47. The largest absolute Gasteiger partial charge is 0.302 e. The monoisotopic (exact) mass is 157 g/mol. The van der Waals surface area contributed by atoms with Crippen molar-refractivity contribution in [2.45, 2.75) is 19.8 Å². The van der Waals surface area contributed by atoms with E-state index in [0.29, 0.717) is 0 Å². The first-order chi connectivity index (χ1) is 5.33. The van der Waals surface area contributed by atoms with Crippen LogP contribution >= 0.6 is 0 Å². The first-order valence-corrected chi connectivity index (χ1v) is 4.48. The molecule has 1 aliphatic heterocycles. The highest BCUT2D eigenvalue weighted by atomic mass is 15.2. The Balaban J connectivity index is 2.07. The number of likely N-dealkylation sites (tertiary alicyclic amines) is 1. The van der Waals surface area contributed by atoms with Crippen LogP contribution in [0, 0.1) is 5.92 Å². The van der Waals surface area contributed by atoms with Gasteiger partial charge in [-0.15, -0.1) is 0 Å². The fraction of sp³-hybridized carbons (Fsp3) is 1.00. The molecule has 0 saturated carbocycles. The second-order valence-corrected chi connectivity index (χ2v) is 3.48. The number of piperidine rings is 1. The van der Waals surface area contributed by atoms with Gasteiger partial charge >= 0.3 is 0 Å². The Hall–Kier alpha value is -0.120. The molecule has 0 aromatic rings. The summed E-state index contributed by atoms with van der Waals surface area (Å²) in [5, 5.41) is 0. The highest BCUT2D eigenvalue weighted by molar-refractivity contribution is 4.69. The van der Waals surface area contributed by atoms with E-state index in [4.69, 9.17) is 5.84 Å². The number of rotatable bonds is 3. The van der Waals surface area contributed by atoms with Crippen LogP contribution in [0.15, 0.2) is 0 Å². The lowest BCUT2D eigenvalue weighted by atomic mass is 9.99. The van der Waals surface area contributed by atoms with Crippen molar-refractivity contribution in [2.24, 2.45) is 11.8 Å². The van der Waals surface area contributed by atoms with Crippen molar-refractivity contribution in [3.63, 3.8) is 0 Å². The fourth-order valence-corrected chi connectivity index (χ4v) is 1.51. The molecule has 0 aromatic heterocycles. The summed E-state index contributed by atoms with van der Waals surface area (Å²) in [5.41, 5.74) is 2.68. The maximum absolute atomic E-state index is 5.20. The molecule has 0 spiro atoms. The molecule has 11 heavy (non-hydrogen) atoms. The van der Waals surface area contributed by atoms with Crippen molar-refractivity contribution in [3.05, 3.63) is 0 Å². The summed E-state index contributed by atoms with van der Waals surface area (Å²) >= 11 is 0. The van der Waals surface area contributed by atoms with Crippen molar-refractivity contribution in [1.82, 2.24) is 10.3 Å². The predicted octanol–water partition coefficient (Wildman–Crippen LogP) is 0.182. The van der Waals surface area contributed by atoms with Gasteiger partial charge in [-0.2, -0.15) is 0 Å². The van der Waals surface area contributed by atoms with E-state index in [2.05, 4.69) is 17.2 Å². The Bertz CT molecular complexity index is 94.8. The van der Waals surface area contributed by atoms with E-state index in [1.54, 1.807) is 0 Å². The summed E-state index contributed by atoms with van der Waals surface area (Å²) in [6.45, 7) is 6.85. The minimum Gasteiger partial charge on any atom is -0.302 e. The standard InChI is InChI=1S/C8H19N3/c1-8-2-5-11(6-3-8)7-4-10-9/h8,10H,2-7,9H2,1H3. The van der Waals surface area contributed by atoms with Gasteiger partial charge in [-0.25, -0.2) is 0 Å². The third-order valence-electron chi connectivity index (χ3n) is 2.45. The maximum atomic E-state index is 5.20. The Labute approximate surface area is 68.9 Å². The highest BCUT2D eigenvalue weighted by Crippen LogP contribution is 2.14.